The Balaban J connectivity index is 1.83. The number of allylic oxidation sites excluding steroid dienone is 1. The minimum atomic E-state index is -0.554. The summed E-state index contributed by atoms with van der Waals surface area (Å²) in [5, 5.41) is 0. The number of esters is 1. The van der Waals surface area contributed by atoms with Gasteiger partial charge in [0.2, 0.25) is 0 Å². The number of carbonyl (C=O) groups excluding carboxylic acids is 2. The molecule has 6 heteroatoms. The fourth-order valence-electron chi connectivity index (χ4n) is 2.94. The van der Waals surface area contributed by atoms with Crippen molar-refractivity contribution in [2.45, 2.75) is 0 Å². The second kappa shape index (κ2) is 10.1. The standard InChI is InChI=1S/C25H22O6/c1-28-18-13-14-19(24(16-18)30-3)21(26)15-12-17-8-4-6-10-22(17)31-25(27)20-9-5-7-11-23(20)29-2/h4-16H,1-3H3. The highest BCUT2D eigenvalue weighted by atomic mass is 16.5. The normalized spacial score (nSPS) is 10.5. The molecular weight excluding hydrogens is 396 g/mol. The average molecular weight is 418 g/mol. The SMILES string of the molecule is COc1ccc(C(=O)C=Cc2ccccc2OC(=O)c2ccccc2OC)c(OC)c1. The number of methoxy groups -OCH3 is 3. The smallest absolute Gasteiger partial charge is 0.347 e. The summed E-state index contributed by atoms with van der Waals surface area (Å²) < 4.78 is 21.2. The Labute approximate surface area is 180 Å². The van der Waals surface area contributed by atoms with Gasteiger partial charge in [-0.1, -0.05) is 30.3 Å². The first-order valence-electron chi connectivity index (χ1n) is 9.46. The number of benzene rings is 3. The van der Waals surface area contributed by atoms with Crippen molar-refractivity contribution in [2.75, 3.05) is 21.3 Å². The third-order valence-corrected chi connectivity index (χ3v) is 4.54. The largest absolute Gasteiger partial charge is 0.497 e. The molecule has 3 aromatic rings. The van der Waals surface area contributed by atoms with Crippen molar-refractivity contribution in [1.82, 2.24) is 0 Å². The van der Waals surface area contributed by atoms with Crippen molar-refractivity contribution in [3.8, 4) is 23.0 Å². The van der Waals surface area contributed by atoms with E-state index in [1.54, 1.807) is 79.9 Å². The highest BCUT2D eigenvalue weighted by Gasteiger charge is 2.16. The lowest BCUT2D eigenvalue weighted by atomic mass is 10.1. The maximum atomic E-state index is 12.7. The Bertz CT molecular complexity index is 1120. The third kappa shape index (κ3) is 5.11. The van der Waals surface area contributed by atoms with Gasteiger partial charge in [-0.3, -0.25) is 4.79 Å². The first-order chi connectivity index (χ1) is 15.1. The molecule has 0 N–H and O–H groups in total. The molecule has 0 spiro atoms. The van der Waals surface area contributed by atoms with E-state index in [4.69, 9.17) is 18.9 Å². The molecule has 0 aliphatic rings. The molecule has 3 aromatic carbocycles. The molecule has 0 aliphatic heterocycles. The van der Waals surface area contributed by atoms with Crippen molar-refractivity contribution < 1.29 is 28.5 Å². The fourth-order valence-corrected chi connectivity index (χ4v) is 2.94. The zero-order valence-electron chi connectivity index (χ0n) is 17.5. The molecule has 0 fully saturated rings. The van der Waals surface area contributed by atoms with Crippen LogP contribution in [-0.2, 0) is 0 Å². The maximum absolute atomic E-state index is 12.7. The molecule has 0 saturated carbocycles. The van der Waals surface area contributed by atoms with E-state index in [9.17, 15) is 9.59 Å². The van der Waals surface area contributed by atoms with E-state index in [0.29, 0.717) is 39.7 Å². The van der Waals surface area contributed by atoms with Gasteiger partial charge in [0, 0.05) is 11.6 Å². The fraction of sp³-hybridized carbons (Fsp3) is 0.120. The van der Waals surface area contributed by atoms with Gasteiger partial charge in [0.15, 0.2) is 5.78 Å². The molecule has 0 unspecified atom stereocenters. The van der Waals surface area contributed by atoms with Crippen molar-refractivity contribution in [2.24, 2.45) is 0 Å². The molecule has 0 saturated heterocycles. The number of para-hydroxylation sites is 2. The van der Waals surface area contributed by atoms with Crippen molar-refractivity contribution >= 4 is 17.8 Å². The van der Waals surface area contributed by atoms with Crippen LogP contribution < -0.4 is 18.9 Å². The zero-order valence-corrected chi connectivity index (χ0v) is 17.5. The molecule has 3 rings (SSSR count). The summed E-state index contributed by atoms with van der Waals surface area (Å²) in [5.41, 5.74) is 1.28. The second-order valence-electron chi connectivity index (χ2n) is 6.39. The van der Waals surface area contributed by atoms with Gasteiger partial charge in [-0.25, -0.2) is 4.79 Å². The summed E-state index contributed by atoms with van der Waals surface area (Å²) in [4.78, 5) is 25.3. The molecule has 0 aliphatic carbocycles. The predicted octanol–water partition coefficient (Wildman–Crippen LogP) is 4.83. The number of carbonyl (C=O) groups is 2. The van der Waals surface area contributed by atoms with E-state index in [0.717, 1.165) is 0 Å². The van der Waals surface area contributed by atoms with E-state index in [1.165, 1.54) is 20.3 Å². The van der Waals surface area contributed by atoms with Crippen LogP contribution in [-0.4, -0.2) is 33.1 Å². The summed E-state index contributed by atoms with van der Waals surface area (Å²) in [6, 6.07) is 18.7. The molecule has 158 valence electrons. The van der Waals surface area contributed by atoms with E-state index >= 15 is 0 Å². The summed E-state index contributed by atoms with van der Waals surface area (Å²) >= 11 is 0. The lowest BCUT2D eigenvalue weighted by molar-refractivity contribution is 0.0730. The first-order valence-corrected chi connectivity index (χ1v) is 9.46. The molecule has 0 radical (unpaired) electrons. The number of ketones is 1. The Hall–Kier alpha value is -4.06. The van der Waals surface area contributed by atoms with Crippen LogP contribution in [0.4, 0.5) is 0 Å². The number of hydrogen-bond acceptors (Lipinski definition) is 6. The van der Waals surface area contributed by atoms with Crippen LogP contribution in [0.3, 0.4) is 0 Å². The number of rotatable bonds is 8. The first kappa shape index (κ1) is 21.6. The highest BCUT2D eigenvalue weighted by molar-refractivity contribution is 6.09. The molecule has 0 atom stereocenters. The Morgan fingerprint density at radius 3 is 2.10 bits per heavy atom. The molecule has 0 amide bonds. The van der Waals surface area contributed by atoms with Gasteiger partial charge in [-0.2, -0.15) is 0 Å². The van der Waals surface area contributed by atoms with E-state index in [-0.39, 0.29) is 5.78 Å². The van der Waals surface area contributed by atoms with Gasteiger partial charge in [0.05, 0.1) is 26.9 Å². The van der Waals surface area contributed by atoms with Crippen LogP contribution in [0.5, 0.6) is 23.0 Å². The van der Waals surface area contributed by atoms with Gasteiger partial charge in [-0.15, -0.1) is 0 Å². The van der Waals surface area contributed by atoms with Crippen LogP contribution in [0.1, 0.15) is 26.3 Å². The van der Waals surface area contributed by atoms with Crippen molar-refractivity contribution in [1.29, 1.82) is 0 Å². The Morgan fingerprint density at radius 1 is 0.710 bits per heavy atom. The van der Waals surface area contributed by atoms with E-state index in [2.05, 4.69) is 0 Å². The molecule has 0 heterocycles. The summed E-state index contributed by atoms with van der Waals surface area (Å²) in [6.45, 7) is 0. The van der Waals surface area contributed by atoms with Crippen LogP contribution in [0.25, 0.3) is 6.08 Å². The monoisotopic (exact) mass is 418 g/mol. The van der Waals surface area contributed by atoms with Gasteiger partial charge < -0.3 is 18.9 Å². The minimum absolute atomic E-state index is 0.259. The van der Waals surface area contributed by atoms with Crippen molar-refractivity contribution in [3.63, 3.8) is 0 Å². The highest BCUT2D eigenvalue weighted by Crippen LogP contribution is 2.27. The number of ether oxygens (including phenoxy) is 4. The molecule has 0 aromatic heterocycles. The zero-order chi connectivity index (χ0) is 22.2. The predicted molar refractivity (Wildman–Crippen MR) is 117 cm³/mol. The van der Waals surface area contributed by atoms with Crippen LogP contribution in [0.15, 0.2) is 72.8 Å². The molecule has 31 heavy (non-hydrogen) atoms. The van der Waals surface area contributed by atoms with Crippen LogP contribution in [0, 0.1) is 0 Å². The second-order valence-corrected chi connectivity index (χ2v) is 6.39. The summed E-state index contributed by atoms with van der Waals surface area (Å²) in [5.74, 6) is 0.925. The summed E-state index contributed by atoms with van der Waals surface area (Å²) in [6.07, 6.45) is 3.00. The number of hydrogen-bond donors (Lipinski definition) is 0. The molecule has 0 bridgehead atoms. The van der Waals surface area contributed by atoms with Gasteiger partial charge in [-0.05, 0) is 42.5 Å². The topological polar surface area (TPSA) is 71.1 Å². The van der Waals surface area contributed by atoms with Gasteiger partial charge >= 0.3 is 5.97 Å². The minimum Gasteiger partial charge on any atom is -0.497 e. The Kier molecular flexibility index (Phi) is 7.06. The quantitative estimate of drug-likeness (QED) is 0.226. The lowest BCUT2D eigenvalue weighted by Gasteiger charge is -2.10. The third-order valence-electron chi connectivity index (χ3n) is 4.54. The Morgan fingerprint density at radius 2 is 1.39 bits per heavy atom. The van der Waals surface area contributed by atoms with Crippen LogP contribution in [0.2, 0.25) is 0 Å². The lowest BCUT2D eigenvalue weighted by Crippen LogP contribution is -2.10. The van der Waals surface area contributed by atoms with Gasteiger partial charge in [0.1, 0.15) is 28.6 Å². The average Bonchev–Trinajstić information content (AvgIpc) is 2.82. The summed E-state index contributed by atoms with van der Waals surface area (Å²) in [7, 11) is 4.52. The van der Waals surface area contributed by atoms with Gasteiger partial charge in [0.25, 0.3) is 0 Å². The maximum Gasteiger partial charge on any atom is 0.347 e. The van der Waals surface area contributed by atoms with E-state index in [1.807, 2.05) is 0 Å². The van der Waals surface area contributed by atoms with Crippen molar-refractivity contribution in [3.05, 3.63) is 89.5 Å². The van der Waals surface area contributed by atoms with Crippen LogP contribution >= 0.6 is 0 Å². The molecule has 6 nitrogen and oxygen atoms in total. The molecular formula is C25H22O6. The van der Waals surface area contributed by atoms with E-state index < -0.39 is 5.97 Å².